The van der Waals surface area contributed by atoms with Crippen LogP contribution in [0.1, 0.15) is 32.2 Å². The van der Waals surface area contributed by atoms with Crippen LogP contribution in [-0.2, 0) is 19.4 Å². The standard InChI is InChI=1S/C15H17N3OS/c1-16-15(19)13-8-11(5-6-17-13)18-9-12-7-10-3-2-4-14(10)20-12/h5-8H,2-4,9H2,1H3,(H,16,19)(H,17,18). The number of carbonyl (C=O) groups excluding carboxylic acids is 1. The van der Waals surface area contributed by atoms with Gasteiger partial charge < -0.3 is 10.6 Å². The molecule has 2 aromatic rings. The van der Waals surface area contributed by atoms with Crippen LogP contribution in [0.4, 0.5) is 5.69 Å². The second kappa shape index (κ2) is 5.63. The van der Waals surface area contributed by atoms with E-state index in [2.05, 4.69) is 21.7 Å². The zero-order chi connectivity index (χ0) is 13.9. The monoisotopic (exact) mass is 287 g/mol. The van der Waals surface area contributed by atoms with Crippen molar-refractivity contribution in [2.24, 2.45) is 0 Å². The summed E-state index contributed by atoms with van der Waals surface area (Å²) in [7, 11) is 1.61. The van der Waals surface area contributed by atoms with Crippen LogP contribution >= 0.6 is 11.3 Å². The summed E-state index contributed by atoms with van der Waals surface area (Å²) < 4.78 is 0. The molecule has 0 fully saturated rings. The Bertz CT molecular complexity index is 614. The van der Waals surface area contributed by atoms with Gasteiger partial charge in [0.15, 0.2) is 0 Å². The van der Waals surface area contributed by atoms with E-state index in [0.717, 1.165) is 12.2 Å². The number of anilines is 1. The van der Waals surface area contributed by atoms with Crippen molar-refractivity contribution >= 4 is 22.9 Å². The highest BCUT2D eigenvalue weighted by atomic mass is 32.1. The van der Waals surface area contributed by atoms with Gasteiger partial charge in [-0.05, 0) is 43.0 Å². The first-order chi connectivity index (χ1) is 9.76. The van der Waals surface area contributed by atoms with Gasteiger partial charge in [0.1, 0.15) is 5.69 Å². The summed E-state index contributed by atoms with van der Waals surface area (Å²) in [5.41, 5.74) is 2.88. The molecule has 3 rings (SSSR count). The molecule has 104 valence electrons. The van der Waals surface area contributed by atoms with Gasteiger partial charge in [0.05, 0.1) is 0 Å². The van der Waals surface area contributed by atoms with Gasteiger partial charge in [0, 0.05) is 35.2 Å². The number of carbonyl (C=O) groups is 1. The minimum atomic E-state index is -0.163. The smallest absolute Gasteiger partial charge is 0.269 e. The van der Waals surface area contributed by atoms with Crippen molar-refractivity contribution in [3.63, 3.8) is 0 Å². The number of amides is 1. The number of fused-ring (bicyclic) bond motifs is 1. The van der Waals surface area contributed by atoms with Crippen LogP contribution in [0.2, 0.25) is 0 Å². The van der Waals surface area contributed by atoms with Crippen LogP contribution in [0, 0.1) is 0 Å². The number of nitrogens with zero attached hydrogens (tertiary/aromatic N) is 1. The molecule has 2 aromatic heterocycles. The van der Waals surface area contributed by atoms with E-state index >= 15 is 0 Å². The number of hydrogen-bond donors (Lipinski definition) is 2. The Morgan fingerprint density at radius 2 is 2.30 bits per heavy atom. The molecule has 0 saturated carbocycles. The van der Waals surface area contributed by atoms with Crippen LogP contribution in [0.25, 0.3) is 0 Å². The van der Waals surface area contributed by atoms with Gasteiger partial charge in [-0.2, -0.15) is 0 Å². The van der Waals surface area contributed by atoms with Gasteiger partial charge in [0.2, 0.25) is 0 Å². The first kappa shape index (κ1) is 13.1. The number of rotatable bonds is 4. The molecule has 0 atom stereocenters. The van der Waals surface area contributed by atoms with Crippen molar-refractivity contribution in [3.05, 3.63) is 45.4 Å². The van der Waals surface area contributed by atoms with E-state index in [1.54, 1.807) is 24.2 Å². The summed E-state index contributed by atoms with van der Waals surface area (Å²) in [5.74, 6) is -0.163. The highest BCUT2D eigenvalue weighted by Crippen LogP contribution is 2.30. The molecule has 0 unspecified atom stereocenters. The topological polar surface area (TPSA) is 54.0 Å². The van der Waals surface area contributed by atoms with Gasteiger partial charge >= 0.3 is 0 Å². The molecule has 5 heteroatoms. The number of aromatic nitrogens is 1. The second-order valence-corrected chi connectivity index (χ2v) is 6.10. The number of thiophene rings is 1. The fraction of sp³-hybridized carbons (Fsp3) is 0.333. The molecule has 0 aromatic carbocycles. The summed E-state index contributed by atoms with van der Waals surface area (Å²) in [6.07, 6.45) is 5.41. The van der Waals surface area contributed by atoms with E-state index in [1.165, 1.54) is 29.7 Å². The van der Waals surface area contributed by atoms with Gasteiger partial charge in [0.25, 0.3) is 5.91 Å². The SMILES string of the molecule is CNC(=O)c1cc(NCc2cc3c(s2)CCC3)ccn1. The zero-order valence-corrected chi connectivity index (χ0v) is 12.2. The van der Waals surface area contributed by atoms with Crippen LogP contribution in [0.5, 0.6) is 0 Å². The normalized spacial score (nSPS) is 13.1. The summed E-state index contributed by atoms with van der Waals surface area (Å²) in [6.45, 7) is 0.800. The summed E-state index contributed by atoms with van der Waals surface area (Å²) in [4.78, 5) is 18.5. The van der Waals surface area contributed by atoms with E-state index < -0.39 is 0 Å². The Labute approximate surface area is 122 Å². The maximum Gasteiger partial charge on any atom is 0.269 e. The quantitative estimate of drug-likeness (QED) is 0.909. The van der Waals surface area contributed by atoms with Crippen molar-refractivity contribution in [2.75, 3.05) is 12.4 Å². The van der Waals surface area contributed by atoms with Crippen LogP contribution in [-0.4, -0.2) is 17.9 Å². The molecule has 2 heterocycles. The molecular formula is C15H17N3OS. The third-order valence-electron chi connectivity index (χ3n) is 3.48. The van der Waals surface area contributed by atoms with Crippen molar-refractivity contribution in [1.82, 2.24) is 10.3 Å². The highest BCUT2D eigenvalue weighted by Gasteiger charge is 2.14. The first-order valence-electron chi connectivity index (χ1n) is 6.79. The number of nitrogens with one attached hydrogen (secondary N) is 2. The molecule has 4 nitrogen and oxygen atoms in total. The van der Waals surface area contributed by atoms with Gasteiger partial charge in [-0.15, -0.1) is 11.3 Å². The summed E-state index contributed by atoms with van der Waals surface area (Å²) in [5, 5.41) is 5.94. The highest BCUT2D eigenvalue weighted by molar-refractivity contribution is 7.12. The Balaban J connectivity index is 1.67. The second-order valence-electron chi connectivity index (χ2n) is 4.88. The predicted molar refractivity (Wildman–Crippen MR) is 81.3 cm³/mol. The lowest BCUT2D eigenvalue weighted by atomic mass is 10.2. The molecule has 20 heavy (non-hydrogen) atoms. The van der Waals surface area contributed by atoms with E-state index in [0.29, 0.717) is 5.69 Å². The maximum atomic E-state index is 11.5. The molecule has 1 amide bonds. The fourth-order valence-corrected chi connectivity index (χ4v) is 3.66. The fourth-order valence-electron chi connectivity index (χ4n) is 2.46. The van der Waals surface area contributed by atoms with Gasteiger partial charge in [-0.25, -0.2) is 0 Å². The van der Waals surface area contributed by atoms with Gasteiger partial charge in [-0.1, -0.05) is 0 Å². The molecule has 0 bridgehead atoms. The molecule has 1 aliphatic rings. The lowest BCUT2D eigenvalue weighted by Gasteiger charge is -2.06. The number of hydrogen-bond acceptors (Lipinski definition) is 4. The Morgan fingerprint density at radius 3 is 3.10 bits per heavy atom. The van der Waals surface area contributed by atoms with Crippen molar-refractivity contribution in [2.45, 2.75) is 25.8 Å². The minimum absolute atomic E-state index is 0.163. The Kier molecular flexibility index (Phi) is 3.69. The lowest BCUT2D eigenvalue weighted by Crippen LogP contribution is -2.19. The van der Waals surface area contributed by atoms with E-state index in [-0.39, 0.29) is 5.91 Å². The summed E-state index contributed by atoms with van der Waals surface area (Å²) in [6, 6.07) is 5.97. The average molecular weight is 287 g/mol. The van der Waals surface area contributed by atoms with Crippen LogP contribution in [0.3, 0.4) is 0 Å². The third kappa shape index (κ3) is 2.67. The van der Waals surface area contributed by atoms with Crippen molar-refractivity contribution < 1.29 is 4.79 Å². The average Bonchev–Trinajstić information content (AvgIpc) is 3.05. The Morgan fingerprint density at radius 1 is 1.40 bits per heavy atom. The number of aryl methyl sites for hydroxylation is 2. The minimum Gasteiger partial charge on any atom is -0.380 e. The molecular weight excluding hydrogens is 270 g/mol. The molecule has 2 N–H and O–H groups in total. The predicted octanol–water partition coefficient (Wildman–Crippen LogP) is 2.60. The maximum absolute atomic E-state index is 11.5. The first-order valence-corrected chi connectivity index (χ1v) is 7.60. The van der Waals surface area contributed by atoms with E-state index in [4.69, 9.17) is 0 Å². The van der Waals surface area contributed by atoms with Crippen molar-refractivity contribution in [3.8, 4) is 0 Å². The third-order valence-corrected chi connectivity index (χ3v) is 4.72. The van der Waals surface area contributed by atoms with Crippen LogP contribution < -0.4 is 10.6 Å². The van der Waals surface area contributed by atoms with E-state index in [1.807, 2.05) is 17.4 Å². The lowest BCUT2D eigenvalue weighted by molar-refractivity contribution is 0.0958. The molecule has 0 radical (unpaired) electrons. The largest absolute Gasteiger partial charge is 0.380 e. The van der Waals surface area contributed by atoms with Crippen LogP contribution in [0.15, 0.2) is 24.4 Å². The zero-order valence-electron chi connectivity index (χ0n) is 11.4. The number of pyridine rings is 1. The molecule has 0 spiro atoms. The van der Waals surface area contributed by atoms with Crippen molar-refractivity contribution in [1.29, 1.82) is 0 Å². The summed E-state index contributed by atoms with van der Waals surface area (Å²) >= 11 is 1.90. The van der Waals surface area contributed by atoms with E-state index in [9.17, 15) is 4.79 Å². The molecule has 0 aliphatic heterocycles. The Hall–Kier alpha value is -1.88. The molecule has 1 aliphatic carbocycles. The van der Waals surface area contributed by atoms with Gasteiger partial charge in [-0.3, -0.25) is 9.78 Å². The molecule has 0 saturated heterocycles.